The number of benzene rings is 1. The summed E-state index contributed by atoms with van der Waals surface area (Å²) in [7, 11) is 0. The second-order valence-corrected chi connectivity index (χ2v) is 5.05. The second kappa shape index (κ2) is 4.72. The van der Waals surface area contributed by atoms with E-state index >= 15 is 0 Å². The van der Waals surface area contributed by atoms with Gasteiger partial charge in [0.1, 0.15) is 5.54 Å². The van der Waals surface area contributed by atoms with Crippen molar-refractivity contribution in [3.63, 3.8) is 0 Å². The van der Waals surface area contributed by atoms with Gasteiger partial charge in [-0.05, 0) is 24.1 Å². The summed E-state index contributed by atoms with van der Waals surface area (Å²) >= 11 is 0. The Morgan fingerprint density at radius 2 is 2.21 bits per heavy atom. The predicted octanol–water partition coefficient (Wildman–Crippen LogP) is 1.46. The highest BCUT2D eigenvalue weighted by Gasteiger charge is 2.37. The van der Waals surface area contributed by atoms with E-state index in [-0.39, 0.29) is 5.78 Å². The van der Waals surface area contributed by atoms with Crippen molar-refractivity contribution < 1.29 is 9.53 Å². The molecular weight excluding hydrogens is 240 g/mol. The number of hydrogen-bond donors (Lipinski definition) is 1. The summed E-state index contributed by atoms with van der Waals surface area (Å²) in [6, 6.07) is 9.71. The van der Waals surface area contributed by atoms with Crippen LogP contribution in [-0.4, -0.2) is 29.5 Å². The summed E-state index contributed by atoms with van der Waals surface area (Å²) in [5.41, 5.74) is 7.17. The SMILES string of the molecule is NC1(C(=O)Cc2ccnc3ccccc23)CCOC1. The molecule has 1 unspecified atom stereocenters. The maximum atomic E-state index is 12.4. The molecule has 0 bridgehead atoms. The molecular formula is C15H16N2O2. The van der Waals surface area contributed by atoms with Gasteiger partial charge in [-0.1, -0.05) is 18.2 Å². The van der Waals surface area contributed by atoms with Crippen LogP contribution in [0.25, 0.3) is 10.9 Å². The summed E-state index contributed by atoms with van der Waals surface area (Å²) in [5, 5.41) is 1.01. The number of pyridine rings is 1. The summed E-state index contributed by atoms with van der Waals surface area (Å²) in [6.45, 7) is 0.897. The van der Waals surface area contributed by atoms with E-state index < -0.39 is 5.54 Å². The fraction of sp³-hybridized carbons (Fsp3) is 0.333. The smallest absolute Gasteiger partial charge is 0.159 e. The normalized spacial score (nSPS) is 22.8. The minimum atomic E-state index is -0.815. The number of nitrogens with two attached hydrogens (primary N) is 1. The van der Waals surface area contributed by atoms with Gasteiger partial charge in [-0.2, -0.15) is 0 Å². The van der Waals surface area contributed by atoms with Crippen molar-refractivity contribution >= 4 is 16.7 Å². The first-order chi connectivity index (χ1) is 9.19. The number of nitrogens with zero attached hydrogens (tertiary/aromatic N) is 1. The molecule has 3 rings (SSSR count). The number of Topliss-reactive ketones (excluding diaryl/α,β-unsaturated/α-hetero) is 1. The Bertz CT molecular complexity index is 613. The number of carbonyl (C=O) groups excluding carboxylic acids is 1. The molecule has 1 saturated heterocycles. The third kappa shape index (κ3) is 2.25. The van der Waals surface area contributed by atoms with Gasteiger partial charge in [-0.25, -0.2) is 0 Å². The molecule has 4 heteroatoms. The Morgan fingerprint density at radius 3 is 3.00 bits per heavy atom. The van der Waals surface area contributed by atoms with Crippen LogP contribution in [0.15, 0.2) is 36.5 Å². The molecule has 1 aromatic carbocycles. The van der Waals surface area contributed by atoms with Gasteiger partial charge in [0.15, 0.2) is 5.78 Å². The van der Waals surface area contributed by atoms with Crippen molar-refractivity contribution in [1.29, 1.82) is 0 Å². The molecule has 4 nitrogen and oxygen atoms in total. The first kappa shape index (κ1) is 12.3. The molecule has 0 saturated carbocycles. The summed E-state index contributed by atoms with van der Waals surface area (Å²) in [4.78, 5) is 16.7. The van der Waals surface area contributed by atoms with Crippen LogP contribution in [0, 0.1) is 0 Å². The molecule has 1 aliphatic rings. The number of aromatic nitrogens is 1. The largest absolute Gasteiger partial charge is 0.379 e. The minimum Gasteiger partial charge on any atom is -0.379 e. The van der Waals surface area contributed by atoms with Crippen LogP contribution in [0.2, 0.25) is 0 Å². The summed E-state index contributed by atoms with van der Waals surface area (Å²) in [5.74, 6) is 0.0429. The van der Waals surface area contributed by atoms with Gasteiger partial charge in [0, 0.05) is 24.6 Å². The molecule has 1 aromatic heterocycles. The van der Waals surface area contributed by atoms with Crippen LogP contribution in [0.1, 0.15) is 12.0 Å². The van der Waals surface area contributed by atoms with Gasteiger partial charge in [-0.15, -0.1) is 0 Å². The maximum absolute atomic E-state index is 12.4. The third-order valence-corrected chi connectivity index (χ3v) is 3.70. The number of hydrogen-bond acceptors (Lipinski definition) is 4. The Kier molecular flexibility index (Phi) is 3.05. The standard InChI is InChI=1S/C15H16N2O2/c16-15(6-8-19-10-15)14(18)9-11-5-7-17-13-4-2-1-3-12(11)13/h1-5,7H,6,8-10,16H2. The lowest BCUT2D eigenvalue weighted by molar-refractivity contribution is -0.123. The van der Waals surface area contributed by atoms with E-state index in [0.29, 0.717) is 26.1 Å². The van der Waals surface area contributed by atoms with Crippen LogP contribution in [0.3, 0.4) is 0 Å². The molecule has 0 amide bonds. The van der Waals surface area contributed by atoms with E-state index in [4.69, 9.17) is 10.5 Å². The number of ether oxygens (including phenoxy) is 1. The molecule has 98 valence electrons. The van der Waals surface area contributed by atoms with E-state index in [0.717, 1.165) is 16.5 Å². The molecule has 0 radical (unpaired) electrons. The van der Waals surface area contributed by atoms with Crippen LogP contribution in [0.4, 0.5) is 0 Å². The van der Waals surface area contributed by atoms with Crippen molar-refractivity contribution in [1.82, 2.24) is 4.98 Å². The summed E-state index contributed by atoms with van der Waals surface area (Å²) in [6.07, 6.45) is 2.68. The predicted molar refractivity (Wildman–Crippen MR) is 72.8 cm³/mol. The van der Waals surface area contributed by atoms with Crippen molar-refractivity contribution in [2.24, 2.45) is 5.73 Å². The number of fused-ring (bicyclic) bond motifs is 1. The van der Waals surface area contributed by atoms with E-state index in [1.165, 1.54) is 0 Å². The fourth-order valence-electron chi connectivity index (χ4n) is 2.46. The third-order valence-electron chi connectivity index (χ3n) is 3.70. The molecule has 19 heavy (non-hydrogen) atoms. The number of para-hydroxylation sites is 1. The average Bonchev–Trinajstić information content (AvgIpc) is 2.87. The Morgan fingerprint density at radius 1 is 1.37 bits per heavy atom. The maximum Gasteiger partial charge on any atom is 0.159 e. The van der Waals surface area contributed by atoms with E-state index in [1.54, 1.807) is 6.20 Å². The lowest BCUT2D eigenvalue weighted by Gasteiger charge is -2.20. The Labute approximate surface area is 111 Å². The molecule has 1 fully saturated rings. The van der Waals surface area contributed by atoms with Crippen molar-refractivity contribution in [3.8, 4) is 0 Å². The van der Waals surface area contributed by atoms with Gasteiger partial charge in [0.2, 0.25) is 0 Å². The van der Waals surface area contributed by atoms with Crippen LogP contribution in [-0.2, 0) is 16.0 Å². The van der Waals surface area contributed by atoms with Crippen LogP contribution in [0.5, 0.6) is 0 Å². The number of carbonyl (C=O) groups is 1. The lowest BCUT2D eigenvalue weighted by atomic mass is 9.89. The zero-order valence-corrected chi connectivity index (χ0v) is 10.6. The highest BCUT2D eigenvalue weighted by atomic mass is 16.5. The van der Waals surface area contributed by atoms with Crippen LogP contribution >= 0.6 is 0 Å². The number of ketones is 1. The number of rotatable bonds is 3. The van der Waals surface area contributed by atoms with Crippen molar-refractivity contribution in [2.45, 2.75) is 18.4 Å². The highest BCUT2D eigenvalue weighted by molar-refractivity contribution is 5.94. The highest BCUT2D eigenvalue weighted by Crippen LogP contribution is 2.22. The monoisotopic (exact) mass is 256 g/mol. The first-order valence-corrected chi connectivity index (χ1v) is 6.42. The van der Waals surface area contributed by atoms with Crippen LogP contribution < -0.4 is 5.73 Å². The molecule has 2 N–H and O–H groups in total. The van der Waals surface area contributed by atoms with Crippen molar-refractivity contribution in [3.05, 3.63) is 42.1 Å². The minimum absolute atomic E-state index is 0.0429. The second-order valence-electron chi connectivity index (χ2n) is 5.05. The molecule has 2 heterocycles. The fourth-order valence-corrected chi connectivity index (χ4v) is 2.46. The van der Waals surface area contributed by atoms with Gasteiger partial charge < -0.3 is 10.5 Å². The van der Waals surface area contributed by atoms with E-state index in [9.17, 15) is 4.79 Å². The van der Waals surface area contributed by atoms with E-state index in [2.05, 4.69) is 4.98 Å². The molecule has 1 atom stereocenters. The lowest BCUT2D eigenvalue weighted by Crippen LogP contribution is -2.49. The van der Waals surface area contributed by atoms with Gasteiger partial charge >= 0.3 is 0 Å². The van der Waals surface area contributed by atoms with Gasteiger partial charge in [0.05, 0.1) is 12.1 Å². The topological polar surface area (TPSA) is 65.2 Å². The van der Waals surface area contributed by atoms with Gasteiger partial charge in [-0.3, -0.25) is 9.78 Å². The summed E-state index contributed by atoms with van der Waals surface area (Å²) < 4.78 is 5.25. The molecule has 2 aromatic rings. The quantitative estimate of drug-likeness (QED) is 0.903. The Balaban J connectivity index is 1.91. The Hall–Kier alpha value is -1.78. The molecule has 0 spiro atoms. The zero-order valence-electron chi connectivity index (χ0n) is 10.6. The average molecular weight is 256 g/mol. The first-order valence-electron chi connectivity index (χ1n) is 6.42. The van der Waals surface area contributed by atoms with E-state index in [1.807, 2.05) is 30.3 Å². The van der Waals surface area contributed by atoms with Gasteiger partial charge in [0.25, 0.3) is 0 Å². The molecule has 0 aliphatic carbocycles. The molecule has 1 aliphatic heterocycles. The zero-order chi connectivity index (χ0) is 13.3. The van der Waals surface area contributed by atoms with Crippen molar-refractivity contribution in [2.75, 3.05) is 13.2 Å².